The molecule has 0 fully saturated rings. The molecule has 1 rings (SSSR count). The Hall–Kier alpha value is -0.995. The molecule has 1 aromatic carbocycles. The maximum Gasteiger partial charge on any atom is 0.497 e. The second-order valence-corrected chi connectivity index (χ2v) is 4.22. The lowest BCUT2D eigenvalue weighted by Crippen LogP contribution is -2.40. The Morgan fingerprint density at radius 3 is 2.53 bits per heavy atom. The van der Waals surface area contributed by atoms with Crippen molar-refractivity contribution in [3.8, 4) is 5.75 Å². The minimum atomic E-state index is -0.366. The van der Waals surface area contributed by atoms with Gasteiger partial charge in [0.25, 0.3) is 0 Å². The highest BCUT2D eigenvalue weighted by Gasteiger charge is 2.26. The molecule has 94 valence electrons. The average Bonchev–Trinajstić information content (AvgIpc) is 2.28. The zero-order valence-corrected chi connectivity index (χ0v) is 11.3. The van der Waals surface area contributed by atoms with Crippen LogP contribution in [-0.4, -0.2) is 26.9 Å². The maximum absolute atomic E-state index is 5.77. The number of rotatable bonds is 6. The molecule has 0 aromatic heterocycles. The van der Waals surface area contributed by atoms with Crippen LogP contribution in [0.1, 0.15) is 26.3 Å². The molecule has 0 saturated carbocycles. The minimum absolute atomic E-state index is 0.108. The first-order valence-corrected chi connectivity index (χ1v) is 6.00. The molecule has 0 aliphatic rings. The van der Waals surface area contributed by atoms with Crippen LogP contribution in [0.5, 0.6) is 5.75 Å². The van der Waals surface area contributed by atoms with E-state index >= 15 is 0 Å². The predicted molar refractivity (Wildman–Crippen MR) is 71.0 cm³/mol. The fraction of sp³-hybridized carbons (Fsp3) is 0.538. The summed E-state index contributed by atoms with van der Waals surface area (Å²) < 4.78 is 16.8. The molecule has 0 amide bonds. The molecule has 3 nitrogen and oxygen atoms in total. The van der Waals surface area contributed by atoms with Crippen LogP contribution in [-0.2, 0) is 9.31 Å². The molecule has 0 saturated heterocycles. The Morgan fingerprint density at radius 2 is 2.00 bits per heavy atom. The quantitative estimate of drug-likeness (QED) is 0.708. The van der Waals surface area contributed by atoms with Crippen molar-refractivity contribution >= 4 is 12.6 Å². The number of hydrogen-bond donors (Lipinski definition) is 0. The second kappa shape index (κ2) is 6.67. The van der Waals surface area contributed by atoms with E-state index in [2.05, 4.69) is 0 Å². The molecule has 0 atom stereocenters. The molecule has 1 aromatic rings. The van der Waals surface area contributed by atoms with Crippen molar-refractivity contribution in [2.75, 3.05) is 13.7 Å². The molecule has 0 radical (unpaired) electrons. The first kappa shape index (κ1) is 14.1. The molecule has 0 N–H and O–H groups in total. The Balaban J connectivity index is 3.02. The zero-order chi connectivity index (χ0) is 12.8. The third-order valence-corrected chi connectivity index (χ3v) is 2.35. The van der Waals surface area contributed by atoms with E-state index in [4.69, 9.17) is 14.0 Å². The fourth-order valence-electron chi connectivity index (χ4n) is 1.64. The average molecular weight is 236 g/mol. The van der Waals surface area contributed by atoms with Gasteiger partial charge in [-0.25, -0.2) is 0 Å². The molecule has 0 unspecified atom stereocenters. The van der Waals surface area contributed by atoms with Crippen molar-refractivity contribution < 1.29 is 14.0 Å². The lowest BCUT2D eigenvalue weighted by Gasteiger charge is -2.19. The monoisotopic (exact) mass is 236 g/mol. The molecule has 0 spiro atoms. The number of methoxy groups -OCH3 is 1. The van der Waals surface area contributed by atoms with E-state index in [1.807, 2.05) is 45.9 Å². The van der Waals surface area contributed by atoms with Crippen molar-refractivity contribution in [3.63, 3.8) is 0 Å². The number of aryl methyl sites for hydroxylation is 1. The molecule has 17 heavy (non-hydrogen) atoms. The van der Waals surface area contributed by atoms with Crippen LogP contribution in [0.3, 0.4) is 0 Å². The van der Waals surface area contributed by atoms with Crippen molar-refractivity contribution in [1.82, 2.24) is 0 Å². The summed E-state index contributed by atoms with van der Waals surface area (Å²) in [6.45, 7) is 8.59. The number of hydrogen-bond acceptors (Lipinski definition) is 3. The first-order chi connectivity index (χ1) is 8.08. The lowest BCUT2D eigenvalue weighted by molar-refractivity contribution is 0.172. The molecule has 0 bridgehead atoms. The maximum atomic E-state index is 5.77. The van der Waals surface area contributed by atoms with E-state index in [0.717, 1.165) is 16.8 Å². The predicted octanol–water partition coefficient (Wildman–Crippen LogP) is 2.16. The summed E-state index contributed by atoms with van der Waals surface area (Å²) in [5.41, 5.74) is 2.11. The summed E-state index contributed by atoms with van der Waals surface area (Å²) in [6, 6.07) is 6.00. The van der Waals surface area contributed by atoms with Gasteiger partial charge in [0.2, 0.25) is 0 Å². The smallest absolute Gasteiger partial charge is 0.497 e. The Kier molecular flexibility index (Phi) is 5.52. The standard InChI is InChI=1S/C13H21BO3/c1-6-16-14(17-10(2)3)12-9-11(4)7-8-13(12)15-5/h7-10H,6H2,1-5H3. The van der Waals surface area contributed by atoms with Crippen LogP contribution in [0.25, 0.3) is 0 Å². The van der Waals surface area contributed by atoms with Crippen LogP contribution in [0.15, 0.2) is 18.2 Å². The fourth-order valence-corrected chi connectivity index (χ4v) is 1.64. The van der Waals surface area contributed by atoms with Gasteiger partial charge in [0, 0.05) is 18.2 Å². The van der Waals surface area contributed by atoms with E-state index < -0.39 is 0 Å². The van der Waals surface area contributed by atoms with Gasteiger partial charge in [-0.2, -0.15) is 0 Å². The highest BCUT2D eigenvalue weighted by atomic mass is 16.6. The Morgan fingerprint density at radius 1 is 1.29 bits per heavy atom. The molecule has 0 aliphatic carbocycles. The van der Waals surface area contributed by atoms with Crippen molar-refractivity contribution in [2.24, 2.45) is 0 Å². The summed E-state index contributed by atoms with van der Waals surface area (Å²) in [5.74, 6) is 0.801. The van der Waals surface area contributed by atoms with Gasteiger partial charge in [-0.1, -0.05) is 17.7 Å². The van der Waals surface area contributed by atoms with Gasteiger partial charge in [-0.15, -0.1) is 0 Å². The Labute approximate surface area is 104 Å². The second-order valence-electron chi connectivity index (χ2n) is 4.22. The highest BCUT2D eigenvalue weighted by molar-refractivity contribution is 6.62. The van der Waals surface area contributed by atoms with Crippen LogP contribution in [0, 0.1) is 6.92 Å². The van der Waals surface area contributed by atoms with Gasteiger partial charge in [0.05, 0.1) is 7.11 Å². The van der Waals surface area contributed by atoms with Gasteiger partial charge < -0.3 is 14.0 Å². The number of ether oxygens (including phenoxy) is 1. The van der Waals surface area contributed by atoms with Crippen molar-refractivity contribution in [1.29, 1.82) is 0 Å². The lowest BCUT2D eigenvalue weighted by atomic mass is 9.77. The topological polar surface area (TPSA) is 27.7 Å². The third kappa shape index (κ3) is 4.06. The number of benzene rings is 1. The minimum Gasteiger partial charge on any atom is -0.497 e. The van der Waals surface area contributed by atoms with Crippen LogP contribution in [0.4, 0.5) is 0 Å². The molecule has 0 aliphatic heterocycles. The van der Waals surface area contributed by atoms with Gasteiger partial charge >= 0.3 is 7.12 Å². The van der Waals surface area contributed by atoms with E-state index in [-0.39, 0.29) is 13.2 Å². The summed E-state index contributed by atoms with van der Waals surface area (Å²) in [5, 5.41) is 0. The summed E-state index contributed by atoms with van der Waals surface area (Å²) >= 11 is 0. The summed E-state index contributed by atoms with van der Waals surface area (Å²) in [7, 11) is 1.29. The van der Waals surface area contributed by atoms with Gasteiger partial charge in [0.15, 0.2) is 0 Å². The third-order valence-electron chi connectivity index (χ3n) is 2.35. The largest absolute Gasteiger partial charge is 0.497 e. The first-order valence-electron chi connectivity index (χ1n) is 6.00. The van der Waals surface area contributed by atoms with Gasteiger partial charge in [-0.05, 0) is 33.8 Å². The normalized spacial score (nSPS) is 10.7. The summed E-state index contributed by atoms with van der Waals surface area (Å²) in [6.07, 6.45) is 0.108. The van der Waals surface area contributed by atoms with Crippen LogP contribution >= 0.6 is 0 Å². The van der Waals surface area contributed by atoms with Crippen molar-refractivity contribution in [2.45, 2.75) is 33.8 Å². The van der Waals surface area contributed by atoms with E-state index in [1.54, 1.807) is 7.11 Å². The van der Waals surface area contributed by atoms with Crippen molar-refractivity contribution in [3.05, 3.63) is 23.8 Å². The summed E-state index contributed by atoms with van der Waals surface area (Å²) in [4.78, 5) is 0. The van der Waals surface area contributed by atoms with Gasteiger partial charge in [0.1, 0.15) is 5.75 Å². The SMILES string of the molecule is CCOB(OC(C)C)c1cc(C)ccc1OC. The van der Waals surface area contributed by atoms with E-state index in [1.165, 1.54) is 0 Å². The Bertz CT molecular complexity index is 353. The van der Waals surface area contributed by atoms with Crippen LogP contribution < -0.4 is 10.2 Å². The molecule has 4 heteroatoms. The van der Waals surface area contributed by atoms with Crippen LogP contribution in [0.2, 0.25) is 0 Å². The molecular weight excluding hydrogens is 215 g/mol. The van der Waals surface area contributed by atoms with E-state index in [0.29, 0.717) is 6.61 Å². The zero-order valence-electron chi connectivity index (χ0n) is 11.3. The molecule has 0 heterocycles. The molecular formula is C13H21BO3. The van der Waals surface area contributed by atoms with E-state index in [9.17, 15) is 0 Å². The van der Waals surface area contributed by atoms with Gasteiger partial charge in [-0.3, -0.25) is 0 Å². The highest BCUT2D eigenvalue weighted by Crippen LogP contribution is 2.12.